The fourth-order valence-corrected chi connectivity index (χ4v) is 3.68. The number of hydrogen-bond donors (Lipinski definition) is 2. The molecule has 2 N–H and O–H groups in total. The molecule has 22 heavy (non-hydrogen) atoms. The van der Waals surface area contributed by atoms with Crippen molar-refractivity contribution in [1.29, 1.82) is 0 Å². The number of urea groups is 1. The van der Waals surface area contributed by atoms with Crippen molar-refractivity contribution in [3.8, 4) is 0 Å². The van der Waals surface area contributed by atoms with Gasteiger partial charge in [0.15, 0.2) is 0 Å². The number of nitrogens with zero attached hydrogens (tertiary/aromatic N) is 2. The third-order valence-corrected chi connectivity index (χ3v) is 4.94. The monoisotopic (exact) mass is 304 g/mol. The Morgan fingerprint density at radius 1 is 1.14 bits per heavy atom. The van der Waals surface area contributed by atoms with Gasteiger partial charge >= 0.3 is 6.03 Å². The van der Waals surface area contributed by atoms with Crippen LogP contribution in [-0.2, 0) is 19.4 Å². The van der Waals surface area contributed by atoms with E-state index in [9.17, 15) is 4.79 Å². The zero-order chi connectivity index (χ0) is 15.2. The van der Waals surface area contributed by atoms with Crippen LogP contribution in [-0.4, -0.2) is 28.4 Å². The fraction of sp³-hybridized carbons (Fsp3) is 0.765. The molecule has 2 aliphatic rings. The van der Waals surface area contributed by atoms with Gasteiger partial charge in [0.1, 0.15) is 0 Å². The molecule has 2 aliphatic carbocycles. The van der Waals surface area contributed by atoms with Crippen molar-refractivity contribution in [2.45, 2.75) is 76.8 Å². The first-order valence-corrected chi connectivity index (χ1v) is 8.91. The van der Waals surface area contributed by atoms with Gasteiger partial charge in [-0.05, 0) is 44.1 Å². The molecule has 0 spiro atoms. The molecule has 1 aromatic rings. The summed E-state index contributed by atoms with van der Waals surface area (Å²) in [4.78, 5) is 12.0. The highest BCUT2D eigenvalue weighted by Gasteiger charge is 2.16. The van der Waals surface area contributed by atoms with E-state index in [2.05, 4.69) is 20.4 Å². The molecule has 0 atom stereocenters. The van der Waals surface area contributed by atoms with Crippen LogP contribution < -0.4 is 10.6 Å². The molecular weight excluding hydrogens is 276 g/mol. The second-order valence-corrected chi connectivity index (χ2v) is 6.64. The lowest BCUT2D eigenvalue weighted by Gasteiger charge is -2.17. The van der Waals surface area contributed by atoms with Gasteiger partial charge in [0.05, 0.1) is 12.7 Å². The molecule has 1 saturated carbocycles. The molecule has 0 radical (unpaired) electrons. The number of fused-ring (bicyclic) bond motifs is 1. The van der Waals surface area contributed by atoms with Crippen LogP contribution in [0.4, 0.5) is 4.79 Å². The molecule has 0 unspecified atom stereocenters. The van der Waals surface area contributed by atoms with E-state index in [4.69, 9.17) is 0 Å². The number of rotatable bonds is 4. The van der Waals surface area contributed by atoms with Crippen LogP contribution >= 0.6 is 0 Å². The van der Waals surface area contributed by atoms with Crippen LogP contribution in [0.2, 0.25) is 0 Å². The molecule has 1 aromatic heterocycles. The van der Waals surface area contributed by atoms with Crippen LogP contribution in [0.5, 0.6) is 0 Å². The Morgan fingerprint density at radius 3 is 2.73 bits per heavy atom. The first-order valence-electron chi connectivity index (χ1n) is 8.91. The summed E-state index contributed by atoms with van der Waals surface area (Å²) in [5, 5.41) is 10.6. The molecule has 1 fully saturated rings. The number of carbonyl (C=O) groups excluding carboxylic acids is 1. The summed E-state index contributed by atoms with van der Waals surface area (Å²) in [5.74, 6) is 0. The van der Waals surface area contributed by atoms with Gasteiger partial charge < -0.3 is 10.6 Å². The maximum absolute atomic E-state index is 12.0. The second kappa shape index (κ2) is 7.65. The number of aromatic nitrogens is 2. The normalized spacial score (nSPS) is 19.3. The van der Waals surface area contributed by atoms with Crippen LogP contribution in [0.3, 0.4) is 0 Å². The van der Waals surface area contributed by atoms with Crippen LogP contribution in [0.1, 0.15) is 62.6 Å². The predicted octanol–water partition coefficient (Wildman–Crippen LogP) is 2.78. The summed E-state index contributed by atoms with van der Waals surface area (Å²) in [6.07, 6.45) is 14.2. The van der Waals surface area contributed by atoms with Crippen LogP contribution in [0.25, 0.3) is 0 Å². The summed E-state index contributed by atoms with van der Waals surface area (Å²) in [6, 6.07) is 0.341. The van der Waals surface area contributed by atoms with E-state index >= 15 is 0 Å². The van der Waals surface area contributed by atoms with Gasteiger partial charge in [-0.2, -0.15) is 5.10 Å². The Kier molecular flexibility index (Phi) is 5.35. The Labute approximate surface area is 132 Å². The lowest BCUT2D eigenvalue weighted by atomic mass is 9.98. The SMILES string of the molecule is O=C(NCCn1ncc2c1CCCC2)NC1CCCCCC1. The van der Waals surface area contributed by atoms with E-state index in [0.29, 0.717) is 12.6 Å². The van der Waals surface area contributed by atoms with E-state index in [-0.39, 0.29) is 6.03 Å². The molecule has 2 amide bonds. The smallest absolute Gasteiger partial charge is 0.315 e. The minimum Gasteiger partial charge on any atom is -0.336 e. The molecule has 3 rings (SSSR count). The highest BCUT2D eigenvalue weighted by atomic mass is 16.2. The highest BCUT2D eigenvalue weighted by molar-refractivity contribution is 5.74. The van der Waals surface area contributed by atoms with Gasteiger partial charge in [-0.3, -0.25) is 4.68 Å². The second-order valence-electron chi connectivity index (χ2n) is 6.64. The van der Waals surface area contributed by atoms with Crippen molar-refractivity contribution >= 4 is 6.03 Å². The summed E-state index contributed by atoms with van der Waals surface area (Å²) in [6.45, 7) is 1.42. The van der Waals surface area contributed by atoms with Crippen molar-refractivity contribution in [2.75, 3.05) is 6.54 Å². The van der Waals surface area contributed by atoms with Crippen molar-refractivity contribution < 1.29 is 4.79 Å². The first-order chi connectivity index (χ1) is 10.8. The molecule has 0 aliphatic heterocycles. The topological polar surface area (TPSA) is 59.0 Å². The first kappa shape index (κ1) is 15.4. The summed E-state index contributed by atoms with van der Waals surface area (Å²) < 4.78 is 2.07. The van der Waals surface area contributed by atoms with Crippen molar-refractivity contribution in [3.63, 3.8) is 0 Å². The lowest BCUT2D eigenvalue weighted by Crippen LogP contribution is -2.43. The third kappa shape index (κ3) is 4.02. The Balaban J connectivity index is 1.40. The summed E-state index contributed by atoms with van der Waals surface area (Å²) in [5.41, 5.74) is 2.77. The lowest BCUT2D eigenvalue weighted by molar-refractivity contribution is 0.235. The van der Waals surface area contributed by atoms with Crippen molar-refractivity contribution in [1.82, 2.24) is 20.4 Å². The van der Waals surface area contributed by atoms with E-state index in [1.54, 1.807) is 0 Å². The molecule has 5 nitrogen and oxygen atoms in total. The van der Waals surface area contributed by atoms with E-state index in [0.717, 1.165) is 32.2 Å². The Bertz CT molecular complexity index is 489. The molecule has 0 bridgehead atoms. The highest BCUT2D eigenvalue weighted by Crippen LogP contribution is 2.20. The summed E-state index contributed by atoms with van der Waals surface area (Å²) >= 11 is 0. The van der Waals surface area contributed by atoms with Gasteiger partial charge in [-0.25, -0.2) is 4.79 Å². The van der Waals surface area contributed by atoms with Crippen LogP contribution in [0, 0.1) is 0 Å². The minimum atomic E-state index is -0.0204. The molecule has 122 valence electrons. The zero-order valence-corrected chi connectivity index (χ0v) is 13.4. The van der Waals surface area contributed by atoms with Gasteiger partial charge in [0, 0.05) is 18.3 Å². The molecule has 5 heteroatoms. The average molecular weight is 304 g/mol. The quantitative estimate of drug-likeness (QED) is 0.840. The van der Waals surface area contributed by atoms with Crippen LogP contribution in [0.15, 0.2) is 6.20 Å². The van der Waals surface area contributed by atoms with Crippen molar-refractivity contribution in [3.05, 3.63) is 17.5 Å². The maximum atomic E-state index is 12.0. The Morgan fingerprint density at radius 2 is 1.91 bits per heavy atom. The van der Waals surface area contributed by atoms with Gasteiger partial charge in [0.2, 0.25) is 0 Å². The molecule has 0 saturated heterocycles. The average Bonchev–Trinajstić information content (AvgIpc) is 2.76. The standard InChI is InChI=1S/C17H28N4O/c22-17(20-15-8-3-1-2-4-9-15)18-11-12-21-16-10-6-5-7-14(16)13-19-21/h13,15H,1-12H2,(H2,18,20,22). The molecule has 1 heterocycles. The maximum Gasteiger partial charge on any atom is 0.315 e. The van der Waals surface area contributed by atoms with Gasteiger partial charge in [0.25, 0.3) is 0 Å². The number of carbonyl (C=O) groups is 1. The zero-order valence-electron chi connectivity index (χ0n) is 13.4. The fourth-order valence-electron chi connectivity index (χ4n) is 3.68. The Hall–Kier alpha value is -1.52. The minimum absolute atomic E-state index is 0.0204. The third-order valence-electron chi connectivity index (χ3n) is 4.94. The number of aryl methyl sites for hydroxylation is 1. The molecular formula is C17H28N4O. The number of amides is 2. The number of nitrogens with one attached hydrogen (secondary N) is 2. The summed E-state index contributed by atoms with van der Waals surface area (Å²) in [7, 11) is 0. The van der Waals surface area contributed by atoms with E-state index in [1.165, 1.54) is 49.8 Å². The predicted molar refractivity (Wildman–Crippen MR) is 86.9 cm³/mol. The van der Waals surface area contributed by atoms with Gasteiger partial charge in [-0.15, -0.1) is 0 Å². The van der Waals surface area contributed by atoms with E-state index in [1.807, 2.05) is 6.20 Å². The van der Waals surface area contributed by atoms with Gasteiger partial charge in [-0.1, -0.05) is 25.7 Å². The largest absolute Gasteiger partial charge is 0.336 e. The molecule has 0 aromatic carbocycles. The van der Waals surface area contributed by atoms with Crippen molar-refractivity contribution in [2.24, 2.45) is 0 Å². The van der Waals surface area contributed by atoms with E-state index < -0.39 is 0 Å². The number of hydrogen-bond acceptors (Lipinski definition) is 2.